The molecule has 1 fully saturated rings. The average Bonchev–Trinajstić information content (AvgIpc) is 3.08. The van der Waals surface area contributed by atoms with E-state index in [-0.39, 0.29) is 17.2 Å². The predicted molar refractivity (Wildman–Crippen MR) is 73.0 cm³/mol. The maximum Gasteiger partial charge on any atom is 0.228 e. The van der Waals surface area contributed by atoms with Gasteiger partial charge in [-0.3, -0.25) is 4.79 Å². The van der Waals surface area contributed by atoms with Crippen LogP contribution in [-0.2, 0) is 10.2 Å². The van der Waals surface area contributed by atoms with Gasteiger partial charge in [-0.2, -0.15) is 5.10 Å². The van der Waals surface area contributed by atoms with Crippen LogP contribution in [0.1, 0.15) is 39.3 Å². The molecule has 0 saturated heterocycles. The summed E-state index contributed by atoms with van der Waals surface area (Å²) in [6.45, 7) is 6.36. The number of carbonyl (C=O) groups excluding carboxylic acids is 1. The van der Waals surface area contributed by atoms with Crippen LogP contribution in [0.2, 0.25) is 0 Å². The predicted octanol–water partition coefficient (Wildman–Crippen LogP) is 2.38. The Kier molecular flexibility index (Phi) is 2.59. The molecule has 0 bridgehead atoms. The van der Waals surface area contributed by atoms with Crippen molar-refractivity contribution in [1.82, 2.24) is 14.6 Å². The Labute approximate surface area is 112 Å². The third-order valence-electron chi connectivity index (χ3n) is 3.29. The van der Waals surface area contributed by atoms with Crippen LogP contribution < -0.4 is 5.32 Å². The van der Waals surface area contributed by atoms with Gasteiger partial charge in [0.15, 0.2) is 11.5 Å². The Bertz CT molecular complexity index is 634. The maximum atomic E-state index is 11.7. The first-order chi connectivity index (χ1) is 8.93. The van der Waals surface area contributed by atoms with E-state index in [9.17, 15) is 4.79 Å². The van der Waals surface area contributed by atoms with E-state index in [0.29, 0.717) is 5.82 Å². The smallest absolute Gasteiger partial charge is 0.228 e. The maximum absolute atomic E-state index is 11.7. The second-order valence-corrected chi connectivity index (χ2v) is 6.16. The zero-order valence-electron chi connectivity index (χ0n) is 11.5. The standard InChI is InChI=1S/C14H18N4O/c1-14(2,3)10-6-7-12-15-11(8-18(12)17-10)16-13(19)9-4-5-9/h6-9H,4-5H2,1-3H3,(H,16,19). The highest BCUT2D eigenvalue weighted by molar-refractivity contribution is 5.93. The number of anilines is 1. The van der Waals surface area contributed by atoms with Gasteiger partial charge in [0.2, 0.25) is 5.91 Å². The number of rotatable bonds is 2. The molecule has 2 aromatic heterocycles. The molecule has 0 spiro atoms. The summed E-state index contributed by atoms with van der Waals surface area (Å²) in [6.07, 6.45) is 3.75. The fourth-order valence-electron chi connectivity index (χ4n) is 1.92. The van der Waals surface area contributed by atoms with Crippen molar-refractivity contribution in [3.8, 4) is 0 Å². The number of amides is 1. The van der Waals surface area contributed by atoms with Crippen molar-refractivity contribution in [3.05, 3.63) is 24.0 Å². The van der Waals surface area contributed by atoms with Crippen molar-refractivity contribution in [2.45, 2.75) is 39.0 Å². The van der Waals surface area contributed by atoms with Gasteiger partial charge in [0.1, 0.15) is 0 Å². The lowest BCUT2D eigenvalue weighted by atomic mass is 9.92. The second kappa shape index (κ2) is 4.05. The first-order valence-corrected chi connectivity index (χ1v) is 6.61. The number of fused-ring (bicyclic) bond motifs is 1. The van der Waals surface area contributed by atoms with Gasteiger partial charge in [0, 0.05) is 11.3 Å². The molecule has 0 aliphatic heterocycles. The number of nitrogens with zero attached hydrogens (tertiary/aromatic N) is 3. The number of hydrogen-bond donors (Lipinski definition) is 1. The lowest BCUT2D eigenvalue weighted by Crippen LogP contribution is -2.15. The topological polar surface area (TPSA) is 59.3 Å². The SMILES string of the molecule is CC(C)(C)c1ccc2nc(NC(=O)C3CC3)cn2n1. The van der Waals surface area contributed by atoms with Crippen molar-refractivity contribution in [1.29, 1.82) is 0 Å². The molecule has 0 unspecified atom stereocenters. The number of imidazole rings is 1. The molecule has 1 N–H and O–H groups in total. The van der Waals surface area contributed by atoms with Crippen LogP contribution in [0.25, 0.3) is 5.65 Å². The lowest BCUT2D eigenvalue weighted by molar-refractivity contribution is -0.117. The highest BCUT2D eigenvalue weighted by Crippen LogP contribution is 2.30. The molecule has 3 rings (SSSR count). The summed E-state index contributed by atoms with van der Waals surface area (Å²) in [7, 11) is 0. The zero-order chi connectivity index (χ0) is 13.6. The van der Waals surface area contributed by atoms with Crippen LogP contribution in [0.15, 0.2) is 18.3 Å². The minimum atomic E-state index is -0.00408. The summed E-state index contributed by atoms with van der Waals surface area (Å²) in [4.78, 5) is 16.1. The molecule has 1 saturated carbocycles. The number of nitrogens with one attached hydrogen (secondary N) is 1. The summed E-state index contributed by atoms with van der Waals surface area (Å²) < 4.78 is 1.73. The molecule has 1 amide bonds. The van der Waals surface area contributed by atoms with E-state index in [1.807, 2.05) is 12.1 Å². The summed E-state index contributed by atoms with van der Waals surface area (Å²) in [6, 6.07) is 3.91. The summed E-state index contributed by atoms with van der Waals surface area (Å²) in [5.41, 5.74) is 1.74. The zero-order valence-corrected chi connectivity index (χ0v) is 11.5. The highest BCUT2D eigenvalue weighted by Gasteiger charge is 2.30. The van der Waals surface area contributed by atoms with Gasteiger partial charge in [-0.25, -0.2) is 9.50 Å². The van der Waals surface area contributed by atoms with Gasteiger partial charge in [-0.1, -0.05) is 20.8 Å². The summed E-state index contributed by atoms with van der Waals surface area (Å²) in [5, 5.41) is 7.38. The highest BCUT2D eigenvalue weighted by atomic mass is 16.2. The van der Waals surface area contributed by atoms with Crippen LogP contribution >= 0.6 is 0 Å². The van der Waals surface area contributed by atoms with E-state index in [0.717, 1.165) is 24.2 Å². The van der Waals surface area contributed by atoms with Gasteiger partial charge in [0.05, 0.1) is 11.9 Å². The molecule has 0 aromatic carbocycles. The Morgan fingerprint density at radius 3 is 2.74 bits per heavy atom. The third-order valence-corrected chi connectivity index (χ3v) is 3.29. The molecule has 0 atom stereocenters. The number of hydrogen-bond acceptors (Lipinski definition) is 3. The molecule has 2 heterocycles. The molecule has 0 radical (unpaired) electrons. The van der Waals surface area contributed by atoms with Crippen LogP contribution in [-0.4, -0.2) is 20.5 Å². The molecule has 5 heteroatoms. The van der Waals surface area contributed by atoms with Crippen molar-refractivity contribution in [2.24, 2.45) is 5.92 Å². The minimum Gasteiger partial charge on any atom is -0.309 e. The molecular formula is C14H18N4O. The van der Waals surface area contributed by atoms with Crippen LogP contribution in [0.4, 0.5) is 5.82 Å². The van der Waals surface area contributed by atoms with Crippen molar-refractivity contribution in [3.63, 3.8) is 0 Å². The lowest BCUT2D eigenvalue weighted by Gasteiger charge is -2.16. The van der Waals surface area contributed by atoms with Gasteiger partial charge >= 0.3 is 0 Å². The Morgan fingerprint density at radius 2 is 2.11 bits per heavy atom. The molecule has 2 aromatic rings. The number of carbonyl (C=O) groups is 1. The molecule has 19 heavy (non-hydrogen) atoms. The van der Waals surface area contributed by atoms with E-state index in [1.165, 1.54) is 0 Å². The van der Waals surface area contributed by atoms with Crippen LogP contribution in [0.3, 0.4) is 0 Å². The first kappa shape index (κ1) is 12.1. The van der Waals surface area contributed by atoms with E-state index >= 15 is 0 Å². The monoisotopic (exact) mass is 258 g/mol. The van der Waals surface area contributed by atoms with Gasteiger partial charge < -0.3 is 5.32 Å². The molecule has 5 nitrogen and oxygen atoms in total. The van der Waals surface area contributed by atoms with E-state index in [2.05, 4.69) is 36.2 Å². The van der Waals surface area contributed by atoms with E-state index in [1.54, 1.807) is 10.7 Å². The summed E-state index contributed by atoms with van der Waals surface area (Å²) >= 11 is 0. The Morgan fingerprint density at radius 1 is 1.37 bits per heavy atom. The minimum absolute atomic E-state index is 0.00408. The molecule has 100 valence electrons. The van der Waals surface area contributed by atoms with Gasteiger partial charge in [-0.05, 0) is 25.0 Å². The fraction of sp³-hybridized carbons (Fsp3) is 0.500. The molecule has 1 aliphatic carbocycles. The van der Waals surface area contributed by atoms with Crippen molar-refractivity contribution < 1.29 is 4.79 Å². The second-order valence-electron chi connectivity index (χ2n) is 6.16. The molecular weight excluding hydrogens is 240 g/mol. The average molecular weight is 258 g/mol. The van der Waals surface area contributed by atoms with Crippen molar-refractivity contribution in [2.75, 3.05) is 5.32 Å². The largest absolute Gasteiger partial charge is 0.309 e. The van der Waals surface area contributed by atoms with Crippen LogP contribution in [0, 0.1) is 5.92 Å². The Hall–Kier alpha value is -1.91. The quantitative estimate of drug-likeness (QED) is 0.899. The third kappa shape index (κ3) is 2.45. The van der Waals surface area contributed by atoms with E-state index in [4.69, 9.17) is 0 Å². The fourth-order valence-corrected chi connectivity index (χ4v) is 1.92. The Balaban J connectivity index is 1.89. The van der Waals surface area contributed by atoms with Gasteiger partial charge in [-0.15, -0.1) is 0 Å². The molecule has 1 aliphatic rings. The van der Waals surface area contributed by atoms with E-state index < -0.39 is 0 Å². The van der Waals surface area contributed by atoms with Gasteiger partial charge in [0.25, 0.3) is 0 Å². The van der Waals surface area contributed by atoms with Crippen molar-refractivity contribution >= 4 is 17.4 Å². The first-order valence-electron chi connectivity index (χ1n) is 6.61. The normalized spacial score (nSPS) is 15.7. The number of aromatic nitrogens is 3. The summed E-state index contributed by atoms with van der Waals surface area (Å²) in [5.74, 6) is 0.831. The van der Waals surface area contributed by atoms with Crippen LogP contribution in [0.5, 0.6) is 0 Å².